The summed E-state index contributed by atoms with van der Waals surface area (Å²) >= 11 is 0. The Bertz CT molecular complexity index is 793. The third-order valence-corrected chi connectivity index (χ3v) is 3.06. The zero-order chi connectivity index (χ0) is 14.1. The second-order valence-electron chi connectivity index (χ2n) is 4.52. The fourth-order valence-electron chi connectivity index (χ4n) is 2.20. The van der Waals surface area contributed by atoms with Crippen LogP contribution in [0.3, 0.4) is 0 Å². The van der Waals surface area contributed by atoms with Crippen LogP contribution in [0.25, 0.3) is 5.65 Å². The van der Waals surface area contributed by atoms with E-state index in [9.17, 15) is 9.90 Å². The predicted octanol–water partition coefficient (Wildman–Crippen LogP) is 2.33. The second kappa shape index (κ2) is 4.70. The lowest BCUT2D eigenvalue weighted by Crippen LogP contribution is -2.03. The highest BCUT2D eigenvalue weighted by atomic mass is 16.4. The minimum absolute atomic E-state index is 0.178. The van der Waals surface area contributed by atoms with Crippen LogP contribution in [0.15, 0.2) is 48.7 Å². The molecule has 0 aliphatic heterocycles. The van der Waals surface area contributed by atoms with Crippen LogP contribution in [0.1, 0.15) is 21.7 Å². The molecule has 0 fully saturated rings. The van der Waals surface area contributed by atoms with E-state index < -0.39 is 5.97 Å². The van der Waals surface area contributed by atoms with Crippen LogP contribution in [0.5, 0.6) is 5.75 Å². The Kier molecular flexibility index (Phi) is 2.87. The standard InChI is InChI=1S/C15H12N2O3/c18-12-4-1-3-10(8-12)7-11-9-17-13(15(19)20)5-2-6-14(17)16-11/h1-6,8-9,18H,7H2,(H,19,20). The van der Waals surface area contributed by atoms with Crippen molar-refractivity contribution in [2.24, 2.45) is 0 Å². The SMILES string of the molecule is O=C(O)c1cccc2nc(Cc3cccc(O)c3)cn12. The van der Waals surface area contributed by atoms with Crippen LogP contribution < -0.4 is 0 Å². The van der Waals surface area contributed by atoms with Crippen molar-refractivity contribution in [2.75, 3.05) is 0 Å². The van der Waals surface area contributed by atoms with E-state index >= 15 is 0 Å². The average Bonchev–Trinajstić information content (AvgIpc) is 2.80. The summed E-state index contributed by atoms with van der Waals surface area (Å²) in [4.78, 5) is 15.5. The van der Waals surface area contributed by atoms with Gasteiger partial charge >= 0.3 is 5.97 Å². The molecule has 100 valence electrons. The van der Waals surface area contributed by atoms with Crippen LogP contribution in [0.4, 0.5) is 0 Å². The number of phenolic OH excluding ortho intramolecular Hbond substituents is 1. The Morgan fingerprint density at radius 3 is 2.75 bits per heavy atom. The number of phenols is 1. The van der Waals surface area contributed by atoms with E-state index in [0.717, 1.165) is 11.3 Å². The van der Waals surface area contributed by atoms with Crippen LogP contribution in [0, 0.1) is 0 Å². The van der Waals surface area contributed by atoms with Gasteiger partial charge < -0.3 is 10.2 Å². The first-order chi connectivity index (χ1) is 9.63. The van der Waals surface area contributed by atoms with Crippen molar-refractivity contribution in [3.8, 4) is 5.75 Å². The first kappa shape index (κ1) is 12.2. The zero-order valence-corrected chi connectivity index (χ0v) is 10.5. The van der Waals surface area contributed by atoms with E-state index in [-0.39, 0.29) is 11.4 Å². The van der Waals surface area contributed by atoms with Gasteiger partial charge in [-0.15, -0.1) is 0 Å². The molecule has 0 aliphatic rings. The summed E-state index contributed by atoms with van der Waals surface area (Å²) in [5.41, 5.74) is 2.45. The molecule has 2 N–H and O–H groups in total. The summed E-state index contributed by atoms with van der Waals surface area (Å²) in [6.07, 6.45) is 2.25. The maximum Gasteiger partial charge on any atom is 0.352 e. The lowest BCUT2D eigenvalue weighted by Gasteiger charge is -1.99. The molecule has 0 unspecified atom stereocenters. The van der Waals surface area contributed by atoms with Gasteiger partial charge in [0.25, 0.3) is 0 Å². The molecule has 0 saturated carbocycles. The van der Waals surface area contributed by atoms with Crippen molar-refractivity contribution < 1.29 is 15.0 Å². The predicted molar refractivity (Wildman–Crippen MR) is 73.1 cm³/mol. The largest absolute Gasteiger partial charge is 0.508 e. The number of nitrogens with zero attached hydrogens (tertiary/aromatic N) is 2. The molecule has 20 heavy (non-hydrogen) atoms. The van der Waals surface area contributed by atoms with E-state index in [1.807, 2.05) is 6.07 Å². The molecule has 2 aromatic heterocycles. The molecule has 3 aromatic rings. The maximum atomic E-state index is 11.1. The van der Waals surface area contributed by atoms with E-state index in [1.54, 1.807) is 40.9 Å². The highest BCUT2D eigenvalue weighted by Crippen LogP contribution is 2.16. The third kappa shape index (κ3) is 2.21. The summed E-state index contributed by atoms with van der Waals surface area (Å²) < 4.78 is 1.56. The summed E-state index contributed by atoms with van der Waals surface area (Å²) in [5, 5.41) is 18.6. The summed E-state index contributed by atoms with van der Waals surface area (Å²) in [7, 11) is 0. The number of rotatable bonds is 3. The second-order valence-corrected chi connectivity index (χ2v) is 4.52. The van der Waals surface area contributed by atoms with Gasteiger partial charge in [-0.05, 0) is 29.8 Å². The molecule has 5 nitrogen and oxygen atoms in total. The monoisotopic (exact) mass is 268 g/mol. The van der Waals surface area contributed by atoms with Gasteiger partial charge in [-0.25, -0.2) is 9.78 Å². The Hall–Kier alpha value is -2.82. The quantitative estimate of drug-likeness (QED) is 0.764. The Morgan fingerprint density at radius 1 is 1.20 bits per heavy atom. The minimum Gasteiger partial charge on any atom is -0.508 e. The first-order valence-electron chi connectivity index (χ1n) is 6.12. The normalized spacial score (nSPS) is 10.8. The van der Waals surface area contributed by atoms with Crippen LogP contribution in [-0.4, -0.2) is 25.6 Å². The molecule has 0 saturated heterocycles. The van der Waals surface area contributed by atoms with Crippen molar-refractivity contribution in [3.05, 3.63) is 65.6 Å². The minimum atomic E-state index is -0.989. The number of hydrogen-bond donors (Lipinski definition) is 2. The van der Waals surface area contributed by atoms with Gasteiger partial charge in [-0.1, -0.05) is 18.2 Å². The molecule has 5 heteroatoms. The molecule has 0 radical (unpaired) electrons. The van der Waals surface area contributed by atoms with Crippen LogP contribution in [-0.2, 0) is 6.42 Å². The number of carboxylic acid groups (broad SMARTS) is 1. The van der Waals surface area contributed by atoms with Crippen molar-refractivity contribution >= 4 is 11.6 Å². The molecule has 2 heterocycles. The van der Waals surface area contributed by atoms with Gasteiger partial charge in [-0.3, -0.25) is 4.40 Å². The summed E-state index contributed by atoms with van der Waals surface area (Å²) in [6, 6.07) is 11.9. The number of hydrogen-bond acceptors (Lipinski definition) is 3. The number of pyridine rings is 1. The van der Waals surface area contributed by atoms with Crippen LogP contribution >= 0.6 is 0 Å². The number of fused-ring (bicyclic) bond motifs is 1. The van der Waals surface area contributed by atoms with Gasteiger partial charge in [0.2, 0.25) is 0 Å². The van der Waals surface area contributed by atoms with Gasteiger partial charge in [-0.2, -0.15) is 0 Å². The number of carboxylic acids is 1. The number of imidazole rings is 1. The van der Waals surface area contributed by atoms with E-state index in [0.29, 0.717) is 12.1 Å². The lowest BCUT2D eigenvalue weighted by atomic mass is 10.1. The van der Waals surface area contributed by atoms with E-state index in [4.69, 9.17) is 5.11 Å². The number of aromatic carboxylic acids is 1. The average molecular weight is 268 g/mol. The topological polar surface area (TPSA) is 74.8 Å². The highest BCUT2D eigenvalue weighted by molar-refractivity contribution is 5.86. The fraction of sp³-hybridized carbons (Fsp3) is 0.0667. The number of aromatic nitrogens is 2. The molecule has 0 bridgehead atoms. The van der Waals surface area contributed by atoms with E-state index in [2.05, 4.69) is 4.98 Å². The van der Waals surface area contributed by atoms with Crippen molar-refractivity contribution in [1.29, 1.82) is 0 Å². The number of aromatic hydroxyl groups is 1. The molecule has 0 aliphatic carbocycles. The lowest BCUT2D eigenvalue weighted by molar-refractivity contribution is 0.0689. The van der Waals surface area contributed by atoms with Crippen molar-refractivity contribution in [2.45, 2.75) is 6.42 Å². The molecule has 0 atom stereocenters. The Balaban J connectivity index is 2.01. The van der Waals surface area contributed by atoms with Crippen LogP contribution in [0.2, 0.25) is 0 Å². The molecule has 0 spiro atoms. The summed E-state index contributed by atoms with van der Waals surface area (Å²) in [5.74, 6) is -0.783. The van der Waals surface area contributed by atoms with Crippen molar-refractivity contribution in [1.82, 2.24) is 9.38 Å². The summed E-state index contributed by atoms with van der Waals surface area (Å²) in [6.45, 7) is 0. The number of carbonyl (C=O) groups is 1. The van der Waals surface area contributed by atoms with Gasteiger partial charge in [0.05, 0.1) is 5.69 Å². The van der Waals surface area contributed by atoms with E-state index in [1.165, 1.54) is 6.07 Å². The van der Waals surface area contributed by atoms with Gasteiger partial charge in [0, 0.05) is 12.6 Å². The molecule has 3 rings (SSSR count). The van der Waals surface area contributed by atoms with Gasteiger partial charge in [0.15, 0.2) is 0 Å². The molecular formula is C15H12N2O3. The molecule has 0 amide bonds. The zero-order valence-electron chi connectivity index (χ0n) is 10.5. The maximum absolute atomic E-state index is 11.1. The highest BCUT2D eigenvalue weighted by Gasteiger charge is 2.10. The molecule has 1 aromatic carbocycles. The smallest absolute Gasteiger partial charge is 0.352 e. The Morgan fingerprint density at radius 2 is 2.00 bits per heavy atom. The third-order valence-electron chi connectivity index (χ3n) is 3.06. The Labute approximate surface area is 114 Å². The first-order valence-corrected chi connectivity index (χ1v) is 6.12. The van der Waals surface area contributed by atoms with Crippen molar-refractivity contribution in [3.63, 3.8) is 0 Å². The number of benzene rings is 1. The molecular weight excluding hydrogens is 256 g/mol. The fourth-order valence-corrected chi connectivity index (χ4v) is 2.20. The van der Waals surface area contributed by atoms with Gasteiger partial charge in [0.1, 0.15) is 17.1 Å².